The molecule has 5 N–H and O–H groups in total. The molecule has 0 radical (unpaired) electrons. The van der Waals surface area contributed by atoms with Crippen molar-refractivity contribution in [1.29, 1.82) is 0 Å². The lowest BCUT2D eigenvalue weighted by Crippen LogP contribution is -2.32. The molecule has 0 fully saturated rings. The van der Waals surface area contributed by atoms with Gasteiger partial charge in [0, 0.05) is 26.6 Å². The first-order chi connectivity index (χ1) is 9.67. The van der Waals surface area contributed by atoms with Gasteiger partial charge in [0.05, 0.1) is 19.0 Å². The van der Waals surface area contributed by atoms with Crippen LogP contribution in [0.5, 0.6) is 0 Å². The molecule has 110 valence electrons. The van der Waals surface area contributed by atoms with Gasteiger partial charge in [-0.05, 0) is 0 Å². The number of nitrogens with one attached hydrogen (secondary N) is 3. The third-order valence-corrected chi connectivity index (χ3v) is 2.30. The lowest BCUT2D eigenvalue weighted by Gasteiger charge is -2.06. The molecule has 0 saturated heterocycles. The van der Waals surface area contributed by atoms with Crippen LogP contribution in [0.15, 0.2) is 12.4 Å². The maximum atomic E-state index is 11.7. The van der Waals surface area contributed by atoms with E-state index in [9.17, 15) is 9.59 Å². The molecule has 9 heteroatoms. The van der Waals surface area contributed by atoms with Gasteiger partial charge in [-0.3, -0.25) is 9.59 Å². The zero-order chi connectivity index (χ0) is 14.8. The third kappa shape index (κ3) is 5.59. The minimum Gasteiger partial charge on any atom is -0.383 e. The summed E-state index contributed by atoms with van der Waals surface area (Å²) in [5.74, 6) is 4.94. The Morgan fingerprint density at radius 2 is 2.05 bits per heavy atom. The van der Waals surface area contributed by atoms with Crippen LogP contribution in [0.1, 0.15) is 16.9 Å². The van der Waals surface area contributed by atoms with Crippen molar-refractivity contribution in [1.82, 2.24) is 20.6 Å². The van der Waals surface area contributed by atoms with Crippen LogP contribution in [0.2, 0.25) is 0 Å². The van der Waals surface area contributed by atoms with Crippen LogP contribution in [0, 0.1) is 0 Å². The minimum absolute atomic E-state index is 0.156. The molecule has 0 aliphatic rings. The highest BCUT2D eigenvalue weighted by Crippen LogP contribution is 1.98. The highest BCUT2D eigenvalue weighted by atomic mass is 16.5. The van der Waals surface area contributed by atoms with Gasteiger partial charge in [-0.1, -0.05) is 0 Å². The molecule has 0 aromatic carbocycles. The fourth-order valence-electron chi connectivity index (χ4n) is 1.28. The second-order valence-corrected chi connectivity index (χ2v) is 3.78. The molecule has 0 aliphatic carbocycles. The zero-order valence-electron chi connectivity index (χ0n) is 11.2. The SMILES string of the molecule is COCCNC(=O)CCNC(=O)c1cnc(NN)cn1. The lowest BCUT2D eigenvalue weighted by atomic mass is 10.3. The Kier molecular flexibility index (Phi) is 6.93. The van der Waals surface area contributed by atoms with Gasteiger partial charge in [-0.15, -0.1) is 0 Å². The Morgan fingerprint density at radius 1 is 1.25 bits per heavy atom. The molecular formula is C11H18N6O3. The van der Waals surface area contributed by atoms with Crippen molar-refractivity contribution < 1.29 is 14.3 Å². The van der Waals surface area contributed by atoms with Crippen molar-refractivity contribution >= 4 is 17.6 Å². The van der Waals surface area contributed by atoms with E-state index in [1.165, 1.54) is 12.4 Å². The molecule has 1 rings (SSSR count). The number of nitrogens with zero attached hydrogens (tertiary/aromatic N) is 2. The number of amides is 2. The van der Waals surface area contributed by atoms with Gasteiger partial charge >= 0.3 is 0 Å². The Hall–Kier alpha value is -2.26. The molecule has 1 aromatic rings. The average Bonchev–Trinajstić information content (AvgIpc) is 2.47. The van der Waals surface area contributed by atoms with E-state index in [0.717, 1.165) is 0 Å². The molecule has 0 aliphatic heterocycles. The summed E-state index contributed by atoms with van der Waals surface area (Å²) in [6.07, 6.45) is 2.82. The van der Waals surface area contributed by atoms with E-state index in [1.807, 2.05) is 0 Å². The summed E-state index contributed by atoms with van der Waals surface area (Å²) in [4.78, 5) is 30.8. The number of anilines is 1. The Labute approximate surface area is 116 Å². The van der Waals surface area contributed by atoms with E-state index in [2.05, 4.69) is 26.0 Å². The summed E-state index contributed by atoms with van der Waals surface area (Å²) >= 11 is 0. The molecule has 0 unspecified atom stereocenters. The Balaban J connectivity index is 2.27. The minimum atomic E-state index is -0.397. The van der Waals surface area contributed by atoms with Crippen LogP contribution in [-0.4, -0.2) is 48.6 Å². The predicted octanol–water partition coefficient (Wildman–Crippen LogP) is -1.36. The molecular weight excluding hydrogens is 264 g/mol. The maximum absolute atomic E-state index is 11.7. The Bertz CT molecular complexity index is 436. The number of nitrogens with two attached hydrogens (primary N) is 1. The van der Waals surface area contributed by atoms with Crippen LogP contribution < -0.4 is 21.9 Å². The number of ether oxygens (including phenoxy) is 1. The van der Waals surface area contributed by atoms with Crippen molar-refractivity contribution in [2.24, 2.45) is 5.84 Å². The number of hydrogen-bond acceptors (Lipinski definition) is 7. The van der Waals surface area contributed by atoms with Crippen LogP contribution >= 0.6 is 0 Å². The van der Waals surface area contributed by atoms with Gasteiger partial charge in [0.15, 0.2) is 5.82 Å². The molecule has 0 bridgehead atoms. The summed E-state index contributed by atoms with van der Waals surface area (Å²) in [6, 6.07) is 0. The number of methoxy groups -OCH3 is 1. The van der Waals surface area contributed by atoms with Gasteiger partial charge < -0.3 is 20.8 Å². The molecule has 0 atom stereocenters. The van der Waals surface area contributed by atoms with E-state index in [4.69, 9.17) is 10.6 Å². The summed E-state index contributed by atoms with van der Waals surface area (Å²) in [5.41, 5.74) is 2.46. The molecule has 2 amide bonds. The lowest BCUT2D eigenvalue weighted by molar-refractivity contribution is -0.121. The van der Waals surface area contributed by atoms with Crippen LogP contribution in [0.25, 0.3) is 0 Å². The van der Waals surface area contributed by atoms with E-state index in [0.29, 0.717) is 19.0 Å². The van der Waals surface area contributed by atoms with Gasteiger partial charge in [-0.2, -0.15) is 0 Å². The number of nitrogen functional groups attached to an aromatic ring is 1. The topological polar surface area (TPSA) is 131 Å². The smallest absolute Gasteiger partial charge is 0.271 e. The van der Waals surface area contributed by atoms with Crippen molar-refractivity contribution in [3.63, 3.8) is 0 Å². The van der Waals surface area contributed by atoms with Gasteiger partial charge in [0.1, 0.15) is 5.69 Å². The highest BCUT2D eigenvalue weighted by molar-refractivity contribution is 5.92. The standard InChI is InChI=1S/C11H18N6O3/c1-20-5-4-13-10(18)2-3-14-11(19)8-6-16-9(17-12)7-15-8/h6-7H,2-5,12H2,1H3,(H,13,18)(H,14,19)(H,16,17). The first-order valence-electron chi connectivity index (χ1n) is 6.00. The number of hydrogen-bond donors (Lipinski definition) is 4. The molecule has 20 heavy (non-hydrogen) atoms. The monoisotopic (exact) mass is 282 g/mol. The molecule has 0 spiro atoms. The molecule has 0 saturated carbocycles. The van der Waals surface area contributed by atoms with E-state index in [1.54, 1.807) is 7.11 Å². The summed E-state index contributed by atoms with van der Waals surface area (Å²) in [7, 11) is 1.55. The Morgan fingerprint density at radius 3 is 2.65 bits per heavy atom. The first kappa shape index (κ1) is 15.8. The summed E-state index contributed by atoms with van der Waals surface area (Å²) < 4.78 is 4.80. The molecule has 1 aromatic heterocycles. The average molecular weight is 282 g/mol. The summed E-state index contributed by atoms with van der Waals surface area (Å²) in [6.45, 7) is 1.12. The number of carbonyl (C=O) groups is 2. The van der Waals surface area contributed by atoms with E-state index in [-0.39, 0.29) is 24.6 Å². The quantitative estimate of drug-likeness (QED) is 0.263. The molecule has 1 heterocycles. The fraction of sp³-hybridized carbons (Fsp3) is 0.455. The van der Waals surface area contributed by atoms with Gasteiger partial charge in [0.2, 0.25) is 5.91 Å². The van der Waals surface area contributed by atoms with Crippen molar-refractivity contribution in [3.05, 3.63) is 18.1 Å². The van der Waals surface area contributed by atoms with Gasteiger partial charge in [0.25, 0.3) is 5.91 Å². The maximum Gasteiger partial charge on any atom is 0.271 e. The third-order valence-electron chi connectivity index (χ3n) is 2.30. The largest absolute Gasteiger partial charge is 0.383 e. The second kappa shape index (κ2) is 8.77. The first-order valence-corrected chi connectivity index (χ1v) is 6.00. The number of carbonyl (C=O) groups excluding carboxylic acids is 2. The van der Waals surface area contributed by atoms with E-state index >= 15 is 0 Å². The van der Waals surface area contributed by atoms with Crippen LogP contribution in [-0.2, 0) is 9.53 Å². The number of hydrazine groups is 1. The molecule has 9 nitrogen and oxygen atoms in total. The van der Waals surface area contributed by atoms with Gasteiger partial charge in [-0.25, -0.2) is 15.8 Å². The zero-order valence-corrected chi connectivity index (χ0v) is 11.2. The van der Waals surface area contributed by atoms with Crippen molar-refractivity contribution in [2.45, 2.75) is 6.42 Å². The number of rotatable bonds is 8. The highest BCUT2D eigenvalue weighted by Gasteiger charge is 2.08. The fourth-order valence-corrected chi connectivity index (χ4v) is 1.28. The van der Waals surface area contributed by atoms with Crippen LogP contribution in [0.3, 0.4) is 0 Å². The second-order valence-electron chi connectivity index (χ2n) is 3.78. The van der Waals surface area contributed by atoms with Crippen molar-refractivity contribution in [3.8, 4) is 0 Å². The van der Waals surface area contributed by atoms with Crippen LogP contribution in [0.4, 0.5) is 5.82 Å². The summed E-state index contributed by atoms with van der Waals surface area (Å²) in [5, 5.41) is 5.22. The number of aromatic nitrogens is 2. The predicted molar refractivity (Wildman–Crippen MR) is 71.7 cm³/mol. The van der Waals surface area contributed by atoms with Crippen molar-refractivity contribution in [2.75, 3.05) is 32.2 Å². The normalized spacial score (nSPS) is 9.90. The van der Waals surface area contributed by atoms with E-state index < -0.39 is 5.91 Å².